The third-order valence-corrected chi connectivity index (χ3v) is 6.03. The molecular formula is C24H19N3O2S. The molecule has 0 saturated heterocycles. The van der Waals surface area contributed by atoms with Crippen molar-refractivity contribution in [3.63, 3.8) is 0 Å². The molecule has 0 fully saturated rings. The van der Waals surface area contributed by atoms with Crippen molar-refractivity contribution >= 4 is 33.7 Å². The Morgan fingerprint density at radius 1 is 1.00 bits per heavy atom. The largest absolute Gasteiger partial charge is 0.497 e. The summed E-state index contributed by atoms with van der Waals surface area (Å²) >= 11 is 1.55. The number of hydrogen-bond donors (Lipinski definition) is 1. The van der Waals surface area contributed by atoms with Crippen LogP contribution in [0.2, 0.25) is 0 Å². The molecule has 0 aliphatic heterocycles. The van der Waals surface area contributed by atoms with E-state index < -0.39 is 0 Å². The highest BCUT2D eigenvalue weighted by atomic mass is 32.2. The maximum absolute atomic E-state index is 13.6. The van der Waals surface area contributed by atoms with Crippen LogP contribution in [0.4, 0.5) is 0 Å². The second-order valence-corrected chi connectivity index (χ2v) is 7.85. The van der Waals surface area contributed by atoms with Crippen LogP contribution in [0.25, 0.3) is 27.6 Å². The molecule has 0 aliphatic carbocycles. The van der Waals surface area contributed by atoms with E-state index >= 15 is 0 Å². The minimum atomic E-state index is -0.125. The molecule has 148 valence electrons. The average molecular weight is 414 g/mol. The van der Waals surface area contributed by atoms with Gasteiger partial charge in [-0.15, -0.1) is 0 Å². The average Bonchev–Trinajstić information content (AvgIpc) is 3.17. The first-order valence-corrected chi connectivity index (χ1v) is 10.6. The van der Waals surface area contributed by atoms with Gasteiger partial charge in [-0.2, -0.15) is 0 Å². The molecule has 2 heterocycles. The molecule has 0 spiro atoms. The Morgan fingerprint density at radius 2 is 1.80 bits per heavy atom. The van der Waals surface area contributed by atoms with Gasteiger partial charge in [-0.1, -0.05) is 66.4 Å². The fraction of sp³-hybridized carbons (Fsp3) is 0.0833. The number of aromatic amines is 1. The standard InChI is InChI=1S/C24H19N3O2S/c1-29-18-11-7-10-17(14-18)27-23(28)22-21(19-12-5-6-13-20(19)25-22)26-24(27)30-15-16-8-3-2-4-9-16/h2-14,25H,15H2,1H3. The second-order valence-electron chi connectivity index (χ2n) is 6.90. The number of ether oxygens (including phenoxy) is 1. The van der Waals surface area contributed by atoms with Crippen molar-refractivity contribution in [1.29, 1.82) is 0 Å². The predicted octanol–water partition coefficient (Wildman–Crippen LogP) is 5.17. The van der Waals surface area contributed by atoms with Crippen molar-refractivity contribution in [2.24, 2.45) is 0 Å². The number of nitrogens with zero attached hydrogens (tertiary/aromatic N) is 2. The summed E-state index contributed by atoms with van der Waals surface area (Å²) < 4.78 is 7.03. The van der Waals surface area contributed by atoms with Gasteiger partial charge in [0.2, 0.25) is 0 Å². The number of methoxy groups -OCH3 is 1. The summed E-state index contributed by atoms with van der Waals surface area (Å²) in [5.41, 5.74) is 3.88. The number of thioether (sulfide) groups is 1. The van der Waals surface area contributed by atoms with Gasteiger partial charge in [0.05, 0.1) is 12.8 Å². The summed E-state index contributed by atoms with van der Waals surface area (Å²) in [6.07, 6.45) is 0. The minimum Gasteiger partial charge on any atom is -0.497 e. The van der Waals surface area contributed by atoms with E-state index in [1.54, 1.807) is 23.4 Å². The predicted molar refractivity (Wildman–Crippen MR) is 122 cm³/mol. The zero-order valence-electron chi connectivity index (χ0n) is 16.3. The van der Waals surface area contributed by atoms with Crippen molar-refractivity contribution < 1.29 is 4.74 Å². The quantitative estimate of drug-likeness (QED) is 0.319. The summed E-state index contributed by atoms with van der Waals surface area (Å²) in [6, 6.07) is 25.5. The molecule has 0 radical (unpaired) electrons. The highest BCUT2D eigenvalue weighted by Gasteiger charge is 2.17. The van der Waals surface area contributed by atoms with Gasteiger partial charge in [-0.25, -0.2) is 4.98 Å². The molecule has 1 N–H and O–H groups in total. The smallest absolute Gasteiger partial charge is 0.283 e. The highest BCUT2D eigenvalue weighted by Crippen LogP contribution is 2.28. The lowest BCUT2D eigenvalue weighted by molar-refractivity contribution is 0.414. The van der Waals surface area contributed by atoms with Crippen LogP contribution < -0.4 is 10.3 Å². The van der Waals surface area contributed by atoms with Gasteiger partial charge < -0.3 is 9.72 Å². The molecule has 6 heteroatoms. The van der Waals surface area contributed by atoms with Gasteiger partial charge in [0.1, 0.15) is 16.8 Å². The summed E-state index contributed by atoms with van der Waals surface area (Å²) in [5.74, 6) is 1.40. The zero-order chi connectivity index (χ0) is 20.5. The van der Waals surface area contributed by atoms with Gasteiger partial charge in [0.25, 0.3) is 5.56 Å². The SMILES string of the molecule is COc1cccc(-n2c(SCc3ccccc3)nc3c([nH]c4ccccc43)c2=O)c1. The van der Waals surface area contributed by atoms with Crippen LogP contribution in [0.3, 0.4) is 0 Å². The molecule has 0 amide bonds. The van der Waals surface area contributed by atoms with Crippen LogP contribution in [0, 0.1) is 0 Å². The lowest BCUT2D eigenvalue weighted by Gasteiger charge is -2.13. The third-order valence-electron chi connectivity index (χ3n) is 5.02. The molecule has 0 aliphatic rings. The number of benzene rings is 3. The molecule has 30 heavy (non-hydrogen) atoms. The van der Waals surface area contributed by atoms with Gasteiger partial charge in [-0.3, -0.25) is 9.36 Å². The topological polar surface area (TPSA) is 59.9 Å². The molecule has 5 nitrogen and oxygen atoms in total. The van der Waals surface area contributed by atoms with Gasteiger partial charge in [0.15, 0.2) is 5.16 Å². The van der Waals surface area contributed by atoms with E-state index in [4.69, 9.17) is 9.72 Å². The normalized spacial score (nSPS) is 11.2. The Morgan fingerprint density at radius 3 is 2.63 bits per heavy atom. The van der Waals surface area contributed by atoms with Crippen LogP contribution in [0.1, 0.15) is 5.56 Å². The first-order chi connectivity index (χ1) is 14.7. The number of fused-ring (bicyclic) bond motifs is 3. The number of rotatable bonds is 5. The van der Waals surface area contributed by atoms with E-state index in [9.17, 15) is 4.79 Å². The first kappa shape index (κ1) is 18.5. The van der Waals surface area contributed by atoms with Crippen molar-refractivity contribution in [1.82, 2.24) is 14.5 Å². The van der Waals surface area contributed by atoms with Crippen LogP contribution in [-0.4, -0.2) is 21.6 Å². The lowest BCUT2D eigenvalue weighted by atomic mass is 10.2. The number of aromatic nitrogens is 3. The lowest BCUT2D eigenvalue weighted by Crippen LogP contribution is -2.21. The summed E-state index contributed by atoms with van der Waals surface area (Å²) in [7, 11) is 1.62. The third kappa shape index (κ3) is 3.25. The van der Waals surface area contributed by atoms with E-state index in [0.29, 0.717) is 27.7 Å². The molecule has 2 aromatic heterocycles. The summed E-state index contributed by atoms with van der Waals surface area (Å²) in [6.45, 7) is 0. The van der Waals surface area contributed by atoms with Crippen LogP contribution >= 0.6 is 11.8 Å². The highest BCUT2D eigenvalue weighted by molar-refractivity contribution is 7.98. The summed E-state index contributed by atoms with van der Waals surface area (Å²) in [4.78, 5) is 21.7. The molecule has 0 bridgehead atoms. The number of para-hydroxylation sites is 1. The van der Waals surface area contributed by atoms with Crippen molar-refractivity contribution in [2.45, 2.75) is 10.9 Å². The maximum atomic E-state index is 13.6. The van der Waals surface area contributed by atoms with Gasteiger partial charge >= 0.3 is 0 Å². The first-order valence-electron chi connectivity index (χ1n) is 9.59. The fourth-order valence-electron chi connectivity index (χ4n) is 3.54. The van der Waals surface area contributed by atoms with Crippen LogP contribution in [0.5, 0.6) is 5.75 Å². The molecule has 5 rings (SSSR count). The Balaban J connectivity index is 1.73. The van der Waals surface area contributed by atoms with Gasteiger partial charge in [0, 0.05) is 22.7 Å². The van der Waals surface area contributed by atoms with Crippen LogP contribution in [-0.2, 0) is 5.75 Å². The van der Waals surface area contributed by atoms with E-state index in [2.05, 4.69) is 17.1 Å². The van der Waals surface area contributed by atoms with Crippen molar-refractivity contribution in [2.75, 3.05) is 7.11 Å². The van der Waals surface area contributed by atoms with Gasteiger partial charge in [-0.05, 0) is 23.8 Å². The zero-order valence-corrected chi connectivity index (χ0v) is 17.1. The number of hydrogen-bond acceptors (Lipinski definition) is 4. The summed E-state index contributed by atoms with van der Waals surface area (Å²) in [5, 5.41) is 1.60. The Labute approximate surface area is 177 Å². The number of nitrogens with one attached hydrogen (secondary N) is 1. The Kier molecular flexibility index (Phi) is 4.77. The van der Waals surface area contributed by atoms with E-state index in [1.807, 2.05) is 66.7 Å². The number of H-pyrrole nitrogens is 1. The van der Waals surface area contributed by atoms with E-state index in [0.717, 1.165) is 16.6 Å². The second kappa shape index (κ2) is 7.72. The fourth-order valence-corrected chi connectivity index (χ4v) is 4.50. The maximum Gasteiger partial charge on any atom is 0.283 e. The monoisotopic (exact) mass is 413 g/mol. The molecule has 0 atom stereocenters. The van der Waals surface area contributed by atoms with E-state index in [-0.39, 0.29) is 5.56 Å². The Hall–Kier alpha value is -3.51. The molecule has 5 aromatic rings. The van der Waals surface area contributed by atoms with E-state index in [1.165, 1.54) is 5.56 Å². The Bertz CT molecular complexity index is 1410. The molecule has 0 saturated carbocycles. The molecular weight excluding hydrogens is 394 g/mol. The van der Waals surface area contributed by atoms with Crippen molar-refractivity contribution in [3.8, 4) is 11.4 Å². The molecule has 3 aromatic carbocycles. The molecule has 0 unspecified atom stereocenters. The van der Waals surface area contributed by atoms with Crippen molar-refractivity contribution in [3.05, 3.63) is 94.8 Å². The minimum absolute atomic E-state index is 0.125. The van der Waals surface area contributed by atoms with Crippen LogP contribution in [0.15, 0.2) is 88.8 Å².